The second-order valence-corrected chi connectivity index (χ2v) is 4.91. The van der Waals surface area contributed by atoms with Crippen molar-refractivity contribution < 1.29 is 0 Å². The second-order valence-electron chi connectivity index (χ2n) is 4.91. The van der Waals surface area contributed by atoms with Crippen LogP contribution in [0.15, 0.2) is 6.20 Å². The van der Waals surface area contributed by atoms with E-state index in [1.807, 2.05) is 13.1 Å². The molecule has 0 aromatic carbocycles. The van der Waals surface area contributed by atoms with Gasteiger partial charge in [-0.05, 0) is 26.7 Å². The molecule has 1 aromatic rings. The molecule has 1 aliphatic carbocycles. The summed E-state index contributed by atoms with van der Waals surface area (Å²) in [6.45, 7) is 5.20. The first-order chi connectivity index (χ1) is 7.74. The van der Waals surface area contributed by atoms with Crippen LogP contribution in [0.5, 0.6) is 0 Å². The lowest BCUT2D eigenvalue weighted by molar-refractivity contribution is 0.414. The van der Waals surface area contributed by atoms with E-state index in [0.29, 0.717) is 5.92 Å². The van der Waals surface area contributed by atoms with Gasteiger partial charge in [-0.15, -0.1) is 0 Å². The molecule has 1 atom stereocenters. The Kier molecular flexibility index (Phi) is 3.64. The highest BCUT2D eigenvalue weighted by Crippen LogP contribution is 2.32. The van der Waals surface area contributed by atoms with Crippen LogP contribution >= 0.6 is 0 Å². The molecule has 1 aliphatic rings. The fourth-order valence-corrected chi connectivity index (χ4v) is 2.80. The molecule has 16 heavy (non-hydrogen) atoms. The van der Waals surface area contributed by atoms with Crippen LogP contribution in [0.25, 0.3) is 0 Å². The van der Waals surface area contributed by atoms with Crippen molar-refractivity contribution in [2.75, 3.05) is 0 Å². The minimum atomic E-state index is 0.0878. The Hall–Kier alpha value is -0.830. The third-order valence-corrected chi connectivity index (χ3v) is 3.67. The van der Waals surface area contributed by atoms with E-state index < -0.39 is 0 Å². The monoisotopic (exact) mass is 221 g/mol. The summed E-state index contributed by atoms with van der Waals surface area (Å²) in [4.78, 5) is 4.61. The molecular weight excluding hydrogens is 198 g/mol. The van der Waals surface area contributed by atoms with Crippen LogP contribution in [-0.4, -0.2) is 9.55 Å². The van der Waals surface area contributed by atoms with Gasteiger partial charge in [0.15, 0.2) is 0 Å². The summed E-state index contributed by atoms with van der Waals surface area (Å²) in [6.07, 6.45) is 8.68. The summed E-state index contributed by atoms with van der Waals surface area (Å²) < 4.78 is 2.32. The lowest BCUT2D eigenvalue weighted by Crippen LogP contribution is -2.16. The van der Waals surface area contributed by atoms with Gasteiger partial charge in [-0.3, -0.25) is 0 Å². The predicted molar refractivity (Wildman–Crippen MR) is 66.3 cm³/mol. The average molecular weight is 221 g/mol. The maximum Gasteiger partial charge on any atom is 0.112 e. The molecule has 90 valence electrons. The summed E-state index contributed by atoms with van der Waals surface area (Å²) in [5.41, 5.74) is 7.16. The number of nitrogens with zero attached hydrogens (tertiary/aromatic N) is 2. The molecule has 0 radical (unpaired) electrons. The zero-order chi connectivity index (χ0) is 11.5. The molecule has 0 bridgehead atoms. The highest BCUT2D eigenvalue weighted by atomic mass is 15.1. The highest BCUT2D eigenvalue weighted by Gasteiger charge is 2.22. The minimum absolute atomic E-state index is 0.0878. The van der Waals surface area contributed by atoms with Crippen LogP contribution in [0.3, 0.4) is 0 Å². The van der Waals surface area contributed by atoms with Gasteiger partial charge in [0.2, 0.25) is 0 Å². The van der Waals surface area contributed by atoms with Gasteiger partial charge >= 0.3 is 0 Å². The van der Waals surface area contributed by atoms with E-state index >= 15 is 0 Å². The smallest absolute Gasteiger partial charge is 0.112 e. The van der Waals surface area contributed by atoms with Gasteiger partial charge in [0, 0.05) is 18.5 Å². The molecule has 3 nitrogen and oxygen atoms in total. The maximum absolute atomic E-state index is 5.97. The lowest BCUT2D eigenvalue weighted by atomic mass is 9.88. The van der Waals surface area contributed by atoms with Crippen molar-refractivity contribution in [1.29, 1.82) is 0 Å². The summed E-state index contributed by atoms with van der Waals surface area (Å²) >= 11 is 0. The molecule has 1 aromatic heterocycles. The Morgan fingerprint density at radius 2 is 2.12 bits per heavy atom. The number of imidazole rings is 1. The standard InChI is InChI=1S/C13H23N3/c1-3-16-12(10(2)14)9-15-13(16)11-7-5-4-6-8-11/h9-11H,3-8,14H2,1-2H3. The molecule has 2 rings (SSSR count). The molecule has 2 N–H and O–H groups in total. The van der Waals surface area contributed by atoms with Crippen LogP contribution in [0, 0.1) is 0 Å². The quantitative estimate of drug-likeness (QED) is 0.852. The van der Waals surface area contributed by atoms with Gasteiger partial charge in [-0.2, -0.15) is 0 Å². The van der Waals surface area contributed by atoms with Crippen LogP contribution in [-0.2, 0) is 6.54 Å². The molecule has 0 saturated heterocycles. The van der Waals surface area contributed by atoms with Crippen molar-refractivity contribution in [3.05, 3.63) is 17.7 Å². The lowest BCUT2D eigenvalue weighted by Gasteiger charge is -2.22. The number of hydrogen-bond donors (Lipinski definition) is 1. The normalized spacial score (nSPS) is 19.9. The van der Waals surface area contributed by atoms with E-state index in [1.54, 1.807) is 0 Å². The summed E-state index contributed by atoms with van der Waals surface area (Å²) in [5, 5.41) is 0. The fraction of sp³-hybridized carbons (Fsp3) is 0.769. The van der Waals surface area contributed by atoms with Gasteiger partial charge in [-0.25, -0.2) is 4.98 Å². The molecule has 1 fully saturated rings. The SMILES string of the molecule is CCn1c(C(C)N)cnc1C1CCCCC1. The van der Waals surface area contributed by atoms with Crippen molar-refractivity contribution >= 4 is 0 Å². The van der Waals surface area contributed by atoms with Crippen molar-refractivity contribution in [1.82, 2.24) is 9.55 Å². The predicted octanol–water partition coefficient (Wildman–Crippen LogP) is 2.97. The molecule has 1 unspecified atom stereocenters. The Morgan fingerprint density at radius 3 is 2.69 bits per heavy atom. The third kappa shape index (κ3) is 2.14. The summed E-state index contributed by atoms with van der Waals surface area (Å²) in [6, 6.07) is 0.0878. The molecule has 1 saturated carbocycles. The van der Waals surface area contributed by atoms with Crippen LogP contribution < -0.4 is 5.73 Å². The van der Waals surface area contributed by atoms with E-state index in [0.717, 1.165) is 6.54 Å². The van der Waals surface area contributed by atoms with E-state index in [2.05, 4.69) is 16.5 Å². The topological polar surface area (TPSA) is 43.8 Å². The van der Waals surface area contributed by atoms with E-state index in [4.69, 9.17) is 5.73 Å². The van der Waals surface area contributed by atoms with E-state index in [1.165, 1.54) is 43.6 Å². The molecule has 0 aliphatic heterocycles. The number of rotatable bonds is 3. The van der Waals surface area contributed by atoms with E-state index in [9.17, 15) is 0 Å². The van der Waals surface area contributed by atoms with Crippen molar-refractivity contribution in [2.45, 2.75) is 64.5 Å². The molecule has 3 heteroatoms. The first-order valence-electron chi connectivity index (χ1n) is 6.55. The van der Waals surface area contributed by atoms with Gasteiger partial charge in [0.1, 0.15) is 5.82 Å². The third-order valence-electron chi connectivity index (χ3n) is 3.67. The zero-order valence-electron chi connectivity index (χ0n) is 10.4. The van der Waals surface area contributed by atoms with Gasteiger partial charge < -0.3 is 10.3 Å². The van der Waals surface area contributed by atoms with Crippen LogP contribution in [0.4, 0.5) is 0 Å². The minimum Gasteiger partial charge on any atom is -0.331 e. The maximum atomic E-state index is 5.97. The van der Waals surface area contributed by atoms with Crippen LogP contribution in [0.1, 0.15) is 69.4 Å². The second kappa shape index (κ2) is 5.00. The first-order valence-corrected chi connectivity index (χ1v) is 6.55. The van der Waals surface area contributed by atoms with E-state index in [-0.39, 0.29) is 6.04 Å². The molecule has 0 amide bonds. The summed E-state index contributed by atoms with van der Waals surface area (Å²) in [7, 11) is 0. The van der Waals surface area contributed by atoms with Crippen molar-refractivity contribution in [2.24, 2.45) is 5.73 Å². The molecule has 0 spiro atoms. The average Bonchev–Trinajstić information content (AvgIpc) is 2.73. The van der Waals surface area contributed by atoms with Crippen molar-refractivity contribution in [3.63, 3.8) is 0 Å². The Morgan fingerprint density at radius 1 is 1.44 bits per heavy atom. The highest BCUT2D eigenvalue weighted by molar-refractivity contribution is 5.12. The number of nitrogens with two attached hydrogens (primary N) is 1. The largest absolute Gasteiger partial charge is 0.331 e. The number of aromatic nitrogens is 2. The Balaban J connectivity index is 2.25. The zero-order valence-corrected chi connectivity index (χ0v) is 10.4. The number of hydrogen-bond acceptors (Lipinski definition) is 2. The molecular formula is C13H23N3. The summed E-state index contributed by atoms with van der Waals surface area (Å²) in [5.74, 6) is 1.94. The Bertz CT molecular complexity index is 335. The van der Waals surface area contributed by atoms with Crippen molar-refractivity contribution in [3.8, 4) is 0 Å². The Labute approximate surface area is 98.1 Å². The fourth-order valence-electron chi connectivity index (χ4n) is 2.80. The van der Waals surface area contributed by atoms with Crippen LogP contribution in [0.2, 0.25) is 0 Å². The molecule has 1 heterocycles. The van der Waals surface area contributed by atoms with Gasteiger partial charge in [0.25, 0.3) is 0 Å². The first kappa shape index (κ1) is 11.6. The van der Waals surface area contributed by atoms with Gasteiger partial charge in [0.05, 0.1) is 11.9 Å². The van der Waals surface area contributed by atoms with Gasteiger partial charge in [-0.1, -0.05) is 19.3 Å².